The van der Waals surface area contributed by atoms with Gasteiger partial charge in [0.05, 0.1) is 19.2 Å². The van der Waals surface area contributed by atoms with Crippen molar-refractivity contribution in [3.8, 4) is 34.5 Å². The van der Waals surface area contributed by atoms with Crippen LogP contribution in [0.5, 0.6) is 34.5 Å². The number of carbonyl (C=O) groups excluding carboxylic acids is 2. The highest BCUT2D eigenvalue weighted by Gasteiger charge is 2.23. The molecule has 1 saturated heterocycles. The number of hydrogen-bond acceptors (Lipinski definition) is 9. The Morgan fingerprint density at radius 3 is 2.60 bits per heavy atom. The summed E-state index contributed by atoms with van der Waals surface area (Å²) in [4.78, 5) is 30.2. The Kier molecular flexibility index (Phi) is 8.83. The minimum Gasteiger partial charge on any atom is -0.493 e. The van der Waals surface area contributed by atoms with Gasteiger partial charge in [0.1, 0.15) is 5.75 Å². The number of aromatic nitrogens is 1. The highest BCUT2D eigenvalue weighted by atomic mass is 19.1. The number of benzene rings is 3. The highest BCUT2D eigenvalue weighted by molar-refractivity contribution is 6.39. The molecular weight excluding hydrogens is 583 g/mol. The smallest absolute Gasteiger partial charge is 0.316 e. The summed E-state index contributed by atoms with van der Waals surface area (Å²) in [5.74, 6) is 0.165. The first-order valence-electron chi connectivity index (χ1n) is 14.7. The maximum Gasteiger partial charge on any atom is 0.316 e. The number of halogens is 1. The van der Waals surface area contributed by atoms with Crippen LogP contribution in [0.1, 0.15) is 18.4 Å². The van der Waals surface area contributed by atoms with Crippen LogP contribution >= 0.6 is 0 Å². The molecule has 0 unspecified atom stereocenters. The van der Waals surface area contributed by atoms with E-state index in [2.05, 4.69) is 10.3 Å². The van der Waals surface area contributed by atoms with Crippen LogP contribution < -0.4 is 39.6 Å². The van der Waals surface area contributed by atoms with Gasteiger partial charge in [0.25, 0.3) is 0 Å². The average Bonchev–Trinajstić information content (AvgIpc) is 3.53. The van der Waals surface area contributed by atoms with Crippen LogP contribution in [0.3, 0.4) is 0 Å². The first-order valence-corrected chi connectivity index (χ1v) is 14.7. The number of rotatable bonds is 10. The molecule has 0 saturated carbocycles. The van der Waals surface area contributed by atoms with Gasteiger partial charge in [-0.3, -0.25) is 14.6 Å². The summed E-state index contributed by atoms with van der Waals surface area (Å²) in [5, 5.41) is 3.95. The fourth-order valence-electron chi connectivity index (χ4n) is 5.42. The summed E-state index contributed by atoms with van der Waals surface area (Å²) < 4.78 is 44.0. The first-order chi connectivity index (χ1) is 21.9. The number of nitrogens with two attached hydrogens (primary N) is 1. The van der Waals surface area contributed by atoms with Crippen LogP contribution in [-0.4, -0.2) is 56.9 Å². The minimum atomic E-state index is -1.15. The number of amides is 2. The van der Waals surface area contributed by atoms with Crippen LogP contribution in [-0.2, 0) is 16.0 Å². The Morgan fingerprint density at radius 1 is 1.00 bits per heavy atom. The second-order valence-electron chi connectivity index (χ2n) is 10.8. The van der Waals surface area contributed by atoms with Crippen molar-refractivity contribution in [3.63, 3.8) is 0 Å². The van der Waals surface area contributed by atoms with Crippen molar-refractivity contribution >= 4 is 28.4 Å². The highest BCUT2D eigenvalue weighted by Crippen LogP contribution is 2.38. The van der Waals surface area contributed by atoms with Gasteiger partial charge in [0.15, 0.2) is 34.6 Å². The van der Waals surface area contributed by atoms with Gasteiger partial charge < -0.3 is 39.6 Å². The van der Waals surface area contributed by atoms with E-state index in [-0.39, 0.29) is 24.8 Å². The second kappa shape index (κ2) is 13.3. The van der Waals surface area contributed by atoms with Crippen molar-refractivity contribution in [2.45, 2.75) is 19.3 Å². The Bertz CT molecular complexity index is 1730. The number of nitrogens with one attached hydrogen (secondary N) is 1. The molecule has 0 spiro atoms. The molecule has 4 aromatic rings. The summed E-state index contributed by atoms with van der Waals surface area (Å²) in [6.07, 6.45) is 4.01. The predicted octanol–water partition coefficient (Wildman–Crippen LogP) is 4.34. The molecule has 234 valence electrons. The van der Waals surface area contributed by atoms with Crippen molar-refractivity contribution < 1.29 is 37.7 Å². The van der Waals surface area contributed by atoms with Gasteiger partial charge in [-0.1, -0.05) is 6.07 Å². The Balaban J connectivity index is 1.21. The molecule has 45 heavy (non-hydrogen) atoms. The van der Waals surface area contributed by atoms with Gasteiger partial charge in [-0.05, 0) is 80.2 Å². The topological polar surface area (TPSA) is 134 Å². The first kappa shape index (κ1) is 29.9. The molecule has 2 aliphatic rings. The number of hydrogen-bond donors (Lipinski definition) is 2. The Hall–Kier alpha value is -5.10. The normalized spacial score (nSPS) is 14.3. The number of fused-ring (bicyclic) bond motifs is 2. The maximum absolute atomic E-state index is 15.5. The van der Waals surface area contributed by atoms with Crippen molar-refractivity contribution in [3.05, 3.63) is 72.2 Å². The lowest BCUT2D eigenvalue weighted by Crippen LogP contribution is -2.41. The molecule has 3 aromatic carbocycles. The zero-order valence-electron chi connectivity index (χ0n) is 24.7. The monoisotopic (exact) mass is 616 g/mol. The van der Waals surface area contributed by atoms with Gasteiger partial charge in [-0.2, -0.15) is 0 Å². The zero-order chi connectivity index (χ0) is 31.3. The molecule has 1 aromatic heterocycles. The van der Waals surface area contributed by atoms with Crippen LogP contribution in [0, 0.1) is 11.7 Å². The number of anilines is 1. The molecule has 0 aliphatic carbocycles. The summed E-state index contributed by atoms with van der Waals surface area (Å²) in [6.45, 7) is 2.73. The van der Waals surface area contributed by atoms with Gasteiger partial charge in [0.2, 0.25) is 6.79 Å². The fourth-order valence-corrected chi connectivity index (χ4v) is 5.42. The maximum atomic E-state index is 15.5. The lowest BCUT2D eigenvalue weighted by atomic mass is 9.99. The number of nitrogens with zero attached hydrogens (tertiary/aromatic N) is 2. The number of primary amides is 1. The van der Waals surface area contributed by atoms with Crippen LogP contribution in [0.25, 0.3) is 10.9 Å². The largest absolute Gasteiger partial charge is 0.493 e. The number of methoxy groups -OCH3 is 1. The summed E-state index contributed by atoms with van der Waals surface area (Å²) in [6, 6.07) is 14.6. The Morgan fingerprint density at radius 2 is 1.82 bits per heavy atom. The minimum absolute atomic E-state index is 0.0673. The quantitative estimate of drug-likeness (QED) is 0.250. The zero-order valence-corrected chi connectivity index (χ0v) is 24.7. The molecule has 6 rings (SSSR count). The number of ether oxygens (including phenoxy) is 5. The van der Waals surface area contributed by atoms with Gasteiger partial charge in [-0.25, -0.2) is 4.39 Å². The van der Waals surface area contributed by atoms with Gasteiger partial charge in [-0.15, -0.1) is 0 Å². The van der Waals surface area contributed by atoms with E-state index in [4.69, 9.17) is 29.4 Å². The molecule has 0 atom stereocenters. The molecule has 3 heterocycles. The van der Waals surface area contributed by atoms with Crippen LogP contribution in [0.4, 0.5) is 10.1 Å². The molecule has 12 heteroatoms. The second-order valence-corrected chi connectivity index (χ2v) is 10.8. The third kappa shape index (κ3) is 6.70. The Labute approximate surface area is 259 Å². The van der Waals surface area contributed by atoms with Crippen LogP contribution in [0.15, 0.2) is 60.8 Å². The molecule has 2 aliphatic heterocycles. The molecule has 0 radical (unpaired) electrons. The SMILES string of the molecule is COc1cc2c(Oc3ccc(N(CCc4ccc5c(c4)OCO5)C(=O)C(N)=O)cc3F)ccnc2cc1OCC1CCNCC1. The molecule has 11 nitrogen and oxygen atoms in total. The third-order valence-electron chi connectivity index (χ3n) is 7.88. The lowest BCUT2D eigenvalue weighted by Gasteiger charge is -2.23. The van der Waals surface area contributed by atoms with Crippen molar-refractivity contribution in [1.29, 1.82) is 0 Å². The molecule has 0 bridgehead atoms. The van der Waals surface area contributed by atoms with Crippen LogP contribution in [0.2, 0.25) is 0 Å². The number of carbonyl (C=O) groups is 2. The van der Waals surface area contributed by atoms with Crippen molar-refractivity contribution in [2.24, 2.45) is 11.7 Å². The standard InChI is InChI=1S/C33H33FN4O7/c1-41-29-16-23-25(17-31(29)42-18-21-6-10-36-11-7-21)37-12-8-26(23)45-27-5-3-22(15-24(27)34)38(33(40)32(35)39)13-9-20-2-4-28-30(14-20)44-19-43-28/h2-5,8,12,14-17,21,36H,6-7,9-11,13,18-19H2,1H3,(H2,35,39). The average molecular weight is 617 g/mol. The predicted molar refractivity (Wildman–Crippen MR) is 164 cm³/mol. The van der Waals surface area contributed by atoms with E-state index in [1.54, 1.807) is 43.6 Å². The van der Waals surface area contributed by atoms with Gasteiger partial charge in [0, 0.05) is 35.9 Å². The molecule has 1 fully saturated rings. The van der Waals surface area contributed by atoms with E-state index < -0.39 is 17.6 Å². The van der Waals surface area contributed by atoms with Crippen molar-refractivity contribution in [2.75, 3.05) is 45.0 Å². The van der Waals surface area contributed by atoms with E-state index in [0.717, 1.165) is 42.5 Å². The summed E-state index contributed by atoms with van der Waals surface area (Å²) >= 11 is 0. The molecule has 2 amide bonds. The van der Waals surface area contributed by atoms with Gasteiger partial charge >= 0.3 is 11.8 Å². The van der Waals surface area contributed by atoms with E-state index >= 15 is 4.39 Å². The lowest BCUT2D eigenvalue weighted by molar-refractivity contribution is -0.135. The van der Waals surface area contributed by atoms with Crippen molar-refractivity contribution in [1.82, 2.24) is 10.3 Å². The molecule has 3 N–H and O–H groups in total. The van der Waals surface area contributed by atoms with E-state index in [1.807, 2.05) is 6.07 Å². The fraction of sp³-hybridized carbons (Fsp3) is 0.303. The van der Waals surface area contributed by atoms with E-state index in [1.165, 1.54) is 12.1 Å². The molecular formula is C33H33FN4O7. The summed E-state index contributed by atoms with van der Waals surface area (Å²) in [5.41, 5.74) is 6.90. The van der Waals surface area contributed by atoms with E-state index in [0.29, 0.717) is 58.6 Å². The number of piperidine rings is 1. The third-order valence-corrected chi connectivity index (χ3v) is 7.88. The number of pyridine rings is 1. The summed E-state index contributed by atoms with van der Waals surface area (Å²) in [7, 11) is 1.56. The van der Waals surface area contributed by atoms with E-state index in [9.17, 15) is 9.59 Å².